The van der Waals surface area contributed by atoms with Crippen molar-refractivity contribution in [3.63, 3.8) is 0 Å². The van der Waals surface area contributed by atoms with E-state index in [0.717, 1.165) is 30.2 Å². The highest BCUT2D eigenvalue weighted by atomic mass is 32.2. The molecule has 2 aromatic carbocycles. The van der Waals surface area contributed by atoms with E-state index in [1.165, 1.54) is 12.8 Å². The Morgan fingerprint density at radius 3 is 2.70 bits per heavy atom. The van der Waals surface area contributed by atoms with Gasteiger partial charge in [0, 0.05) is 12.6 Å². The molecule has 2 aromatic rings. The summed E-state index contributed by atoms with van der Waals surface area (Å²) in [5, 5.41) is 2.00. The maximum Gasteiger partial charge on any atom is 0.240 e. The molecule has 3 rings (SSSR count). The summed E-state index contributed by atoms with van der Waals surface area (Å²) in [6.07, 6.45) is 4.51. The third kappa shape index (κ3) is 3.91. The van der Waals surface area contributed by atoms with Crippen molar-refractivity contribution in [1.82, 2.24) is 9.62 Å². The van der Waals surface area contributed by atoms with Crippen LogP contribution in [0, 0.1) is 0 Å². The number of fused-ring (bicyclic) bond motifs is 1. The van der Waals surface area contributed by atoms with Crippen molar-refractivity contribution in [3.05, 3.63) is 42.5 Å². The molecule has 0 amide bonds. The van der Waals surface area contributed by atoms with Crippen LogP contribution in [-0.2, 0) is 10.0 Å². The predicted molar refractivity (Wildman–Crippen MR) is 94.0 cm³/mol. The number of nitrogens with zero attached hydrogens (tertiary/aromatic N) is 1. The number of rotatable bonds is 5. The zero-order valence-electron chi connectivity index (χ0n) is 13.5. The molecule has 5 heteroatoms. The average Bonchev–Trinajstić information content (AvgIpc) is 2.56. The van der Waals surface area contributed by atoms with Crippen LogP contribution in [0.3, 0.4) is 0 Å². The molecule has 0 spiro atoms. The van der Waals surface area contributed by atoms with Gasteiger partial charge >= 0.3 is 0 Å². The monoisotopic (exact) mass is 332 g/mol. The maximum atomic E-state index is 12.5. The largest absolute Gasteiger partial charge is 0.303 e. The molecular formula is C18H24N2O2S. The van der Waals surface area contributed by atoms with Crippen LogP contribution < -0.4 is 4.72 Å². The lowest BCUT2D eigenvalue weighted by Gasteiger charge is -2.32. The van der Waals surface area contributed by atoms with Crippen LogP contribution in [-0.4, -0.2) is 39.5 Å². The van der Waals surface area contributed by atoms with E-state index in [1.54, 1.807) is 12.1 Å². The van der Waals surface area contributed by atoms with Gasteiger partial charge in [-0.05, 0) is 55.8 Å². The van der Waals surface area contributed by atoms with Crippen molar-refractivity contribution in [2.24, 2.45) is 0 Å². The molecule has 1 saturated heterocycles. The van der Waals surface area contributed by atoms with E-state index in [4.69, 9.17) is 0 Å². The summed E-state index contributed by atoms with van der Waals surface area (Å²) in [4.78, 5) is 2.68. The van der Waals surface area contributed by atoms with E-state index in [0.29, 0.717) is 17.5 Å². The molecule has 0 aromatic heterocycles. The molecular weight excluding hydrogens is 308 g/mol. The zero-order chi connectivity index (χ0) is 16.3. The molecule has 124 valence electrons. The molecule has 1 unspecified atom stereocenters. The van der Waals surface area contributed by atoms with Crippen molar-refractivity contribution in [2.75, 3.05) is 20.1 Å². The van der Waals surface area contributed by atoms with Gasteiger partial charge in [0.15, 0.2) is 0 Å². The van der Waals surface area contributed by atoms with Crippen molar-refractivity contribution in [2.45, 2.75) is 36.6 Å². The van der Waals surface area contributed by atoms with Gasteiger partial charge in [-0.2, -0.15) is 0 Å². The summed E-state index contributed by atoms with van der Waals surface area (Å²) in [6.45, 7) is 1.60. The number of hydrogen-bond donors (Lipinski definition) is 1. The summed E-state index contributed by atoms with van der Waals surface area (Å²) in [7, 11) is -1.31. The fourth-order valence-electron chi connectivity index (χ4n) is 3.29. The minimum absolute atomic E-state index is 0.341. The molecule has 23 heavy (non-hydrogen) atoms. The number of sulfonamides is 1. The highest BCUT2D eigenvalue weighted by Crippen LogP contribution is 2.20. The molecule has 4 nitrogen and oxygen atoms in total. The Labute approximate surface area is 138 Å². The predicted octanol–water partition coefficient (Wildman–Crippen LogP) is 2.99. The summed E-state index contributed by atoms with van der Waals surface area (Å²) < 4.78 is 27.7. The van der Waals surface area contributed by atoms with Gasteiger partial charge in [-0.15, -0.1) is 0 Å². The Balaban J connectivity index is 1.65. The first kappa shape index (κ1) is 16.4. The first-order valence-electron chi connectivity index (χ1n) is 8.25. The van der Waals surface area contributed by atoms with Crippen molar-refractivity contribution in [1.29, 1.82) is 0 Å². The van der Waals surface area contributed by atoms with Crippen molar-refractivity contribution in [3.8, 4) is 0 Å². The highest BCUT2D eigenvalue weighted by Gasteiger charge is 2.20. The second-order valence-corrected chi connectivity index (χ2v) is 8.09. The molecule has 1 aliphatic heterocycles. The van der Waals surface area contributed by atoms with Crippen LogP contribution in [0.5, 0.6) is 0 Å². The third-order valence-corrected chi connectivity index (χ3v) is 6.18. The van der Waals surface area contributed by atoms with Crippen molar-refractivity contribution < 1.29 is 8.42 Å². The lowest BCUT2D eigenvalue weighted by molar-refractivity contribution is 0.177. The van der Waals surface area contributed by atoms with Gasteiger partial charge in [0.2, 0.25) is 10.0 Å². The molecule has 0 aliphatic carbocycles. The minimum atomic E-state index is -3.44. The van der Waals surface area contributed by atoms with E-state index in [2.05, 4.69) is 16.7 Å². The van der Waals surface area contributed by atoms with Crippen LogP contribution in [0.25, 0.3) is 10.8 Å². The second-order valence-electron chi connectivity index (χ2n) is 6.33. The van der Waals surface area contributed by atoms with Crippen LogP contribution >= 0.6 is 0 Å². The Kier molecular flexibility index (Phi) is 4.99. The van der Waals surface area contributed by atoms with Crippen LogP contribution in [0.15, 0.2) is 47.4 Å². The third-order valence-electron chi connectivity index (χ3n) is 4.72. The van der Waals surface area contributed by atoms with Crippen LogP contribution in [0.2, 0.25) is 0 Å². The van der Waals surface area contributed by atoms with Gasteiger partial charge in [-0.1, -0.05) is 36.8 Å². The molecule has 0 bridgehead atoms. The Hall–Kier alpha value is -1.43. The number of benzene rings is 2. The van der Waals surface area contributed by atoms with E-state index < -0.39 is 10.0 Å². The summed E-state index contributed by atoms with van der Waals surface area (Å²) in [6, 6.07) is 13.6. The lowest BCUT2D eigenvalue weighted by atomic mass is 10.0. The van der Waals surface area contributed by atoms with Crippen LogP contribution in [0.4, 0.5) is 0 Å². The smallest absolute Gasteiger partial charge is 0.240 e. The Morgan fingerprint density at radius 2 is 1.91 bits per heavy atom. The quantitative estimate of drug-likeness (QED) is 0.916. The summed E-state index contributed by atoms with van der Waals surface area (Å²) >= 11 is 0. The van der Waals surface area contributed by atoms with Gasteiger partial charge in [-0.25, -0.2) is 13.1 Å². The van der Waals surface area contributed by atoms with Gasteiger partial charge < -0.3 is 4.90 Å². The first-order chi connectivity index (χ1) is 11.1. The number of hydrogen-bond acceptors (Lipinski definition) is 3. The van der Waals surface area contributed by atoms with Crippen LogP contribution in [0.1, 0.15) is 25.7 Å². The minimum Gasteiger partial charge on any atom is -0.303 e. The summed E-state index contributed by atoms with van der Waals surface area (Å²) in [5.74, 6) is 0. The zero-order valence-corrected chi connectivity index (χ0v) is 14.3. The Bertz CT molecular complexity index is 773. The standard InChI is InChI=1S/C18H24N2O2S/c1-20-13-5-4-8-17(20)11-12-19-23(21,22)18-10-9-15-6-2-3-7-16(15)14-18/h2-3,6-7,9-10,14,17,19H,4-5,8,11-13H2,1H3. The average molecular weight is 332 g/mol. The van der Waals surface area contributed by atoms with E-state index >= 15 is 0 Å². The maximum absolute atomic E-state index is 12.5. The molecule has 1 heterocycles. The second kappa shape index (κ2) is 6.99. The van der Waals surface area contributed by atoms with Gasteiger partial charge in [-0.3, -0.25) is 0 Å². The fraction of sp³-hybridized carbons (Fsp3) is 0.444. The topological polar surface area (TPSA) is 49.4 Å². The molecule has 0 radical (unpaired) electrons. The molecule has 1 aliphatic rings. The SMILES string of the molecule is CN1CCCCC1CCNS(=O)(=O)c1ccc2ccccc2c1. The van der Waals surface area contributed by atoms with E-state index in [-0.39, 0.29) is 0 Å². The van der Waals surface area contributed by atoms with Gasteiger partial charge in [0.25, 0.3) is 0 Å². The molecule has 0 saturated carbocycles. The highest BCUT2D eigenvalue weighted by molar-refractivity contribution is 7.89. The molecule has 1 fully saturated rings. The molecule has 1 atom stereocenters. The van der Waals surface area contributed by atoms with Gasteiger partial charge in [0.05, 0.1) is 4.90 Å². The molecule has 1 N–H and O–H groups in total. The Morgan fingerprint density at radius 1 is 1.13 bits per heavy atom. The fourth-order valence-corrected chi connectivity index (χ4v) is 4.37. The normalized spacial score (nSPS) is 20.0. The summed E-state index contributed by atoms with van der Waals surface area (Å²) in [5.41, 5.74) is 0. The first-order valence-corrected chi connectivity index (χ1v) is 9.73. The number of piperidine rings is 1. The lowest BCUT2D eigenvalue weighted by Crippen LogP contribution is -2.39. The number of nitrogens with one attached hydrogen (secondary N) is 1. The van der Waals surface area contributed by atoms with Gasteiger partial charge in [0.1, 0.15) is 0 Å². The number of likely N-dealkylation sites (tertiary alicyclic amines) is 1. The van der Waals surface area contributed by atoms with E-state index in [9.17, 15) is 8.42 Å². The van der Waals surface area contributed by atoms with E-state index in [1.807, 2.05) is 30.3 Å². The van der Waals surface area contributed by atoms with Crippen molar-refractivity contribution >= 4 is 20.8 Å².